The molecule has 0 radical (unpaired) electrons. The number of nitrogens with zero attached hydrogens (tertiary/aromatic N) is 4. The fraction of sp³-hybridized carbons (Fsp3) is 0.143. The van der Waals surface area contributed by atoms with E-state index in [1.165, 1.54) is 0 Å². The third kappa shape index (κ3) is 3.61. The standard InChI is InChI=1S/C28H24N6O/c1-18-25(34-17-5-4-8-24(34)31-18)23-13-16-30-27(33-23)28(14-15-28)20-11-9-19(10-12-20)26(35)32-22-7-3-2-6-21(22)29/h2-13,16-17H,14-15,29H2,1H3,(H,32,35). The van der Waals surface area contributed by atoms with E-state index in [9.17, 15) is 4.79 Å². The molecule has 3 heterocycles. The van der Waals surface area contributed by atoms with Gasteiger partial charge >= 0.3 is 0 Å². The zero-order chi connectivity index (χ0) is 24.0. The van der Waals surface area contributed by atoms with Gasteiger partial charge in [0.2, 0.25) is 0 Å². The summed E-state index contributed by atoms with van der Waals surface area (Å²) in [6.07, 6.45) is 5.77. The van der Waals surface area contributed by atoms with Crippen LogP contribution in [-0.4, -0.2) is 25.3 Å². The number of hydrogen-bond donors (Lipinski definition) is 2. The van der Waals surface area contributed by atoms with Crippen molar-refractivity contribution in [2.75, 3.05) is 11.1 Å². The van der Waals surface area contributed by atoms with Crippen LogP contribution in [0.4, 0.5) is 11.4 Å². The highest BCUT2D eigenvalue weighted by atomic mass is 16.1. The Kier molecular flexibility index (Phi) is 4.84. The van der Waals surface area contributed by atoms with Crippen molar-refractivity contribution < 1.29 is 4.79 Å². The Hall–Kier alpha value is -4.52. The lowest BCUT2D eigenvalue weighted by Crippen LogP contribution is -2.16. The molecule has 3 aromatic heterocycles. The Morgan fingerprint density at radius 3 is 2.51 bits per heavy atom. The number of imidazole rings is 1. The monoisotopic (exact) mass is 460 g/mol. The lowest BCUT2D eigenvalue weighted by Gasteiger charge is -2.16. The number of carbonyl (C=O) groups excluding carboxylic acids is 1. The van der Waals surface area contributed by atoms with E-state index in [4.69, 9.17) is 10.7 Å². The molecular weight excluding hydrogens is 436 g/mol. The summed E-state index contributed by atoms with van der Waals surface area (Å²) >= 11 is 0. The molecule has 0 atom stereocenters. The summed E-state index contributed by atoms with van der Waals surface area (Å²) in [5, 5.41) is 2.88. The topological polar surface area (TPSA) is 98.2 Å². The first-order valence-corrected chi connectivity index (χ1v) is 11.6. The van der Waals surface area contributed by atoms with Gasteiger partial charge in [0.15, 0.2) is 0 Å². The van der Waals surface area contributed by atoms with Crippen LogP contribution < -0.4 is 11.1 Å². The SMILES string of the molecule is Cc1nc2ccccn2c1-c1ccnc(C2(c3ccc(C(=O)Nc4ccccc4N)cc3)CC2)n1. The van der Waals surface area contributed by atoms with Gasteiger partial charge in [-0.2, -0.15) is 0 Å². The second-order valence-electron chi connectivity index (χ2n) is 8.94. The lowest BCUT2D eigenvalue weighted by molar-refractivity contribution is 0.102. The zero-order valence-electron chi connectivity index (χ0n) is 19.3. The molecule has 35 heavy (non-hydrogen) atoms. The number of aryl methyl sites for hydroxylation is 1. The number of hydrogen-bond acceptors (Lipinski definition) is 5. The van der Waals surface area contributed by atoms with E-state index in [0.29, 0.717) is 16.9 Å². The highest BCUT2D eigenvalue weighted by Crippen LogP contribution is 2.52. The number of amides is 1. The van der Waals surface area contributed by atoms with Crippen LogP contribution in [0.1, 0.15) is 40.3 Å². The van der Waals surface area contributed by atoms with Crippen molar-refractivity contribution in [2.24, 2.45) is 0 Å². The maximum Gasteiger partial charge on any atom is 0.255 e. The molecule has 7 heteroatoms. The van der Waals surface area contributed by atoms with E-state index in [1.54, 1.807) is 12.1 Å². The van der Waals surface area contributed by atoms with Crippen LogP contribution in [0.3, 0.4) is 0 Å². The van der Waals surface area contributed by atoms with E-state index in [2.05, 4.69) is 19.7 Å². The molecule has 3 N–H and O–H groups in total. The van der Waals surface area contributed by atoms with Gasteiger partial charge in [-0.1, -0.05) is 30.3 Å². The van der Waals surface area contributed by atoms with Crippen molar-refractivity contribution in [3.63, 3.8) is 0 Å². The molecule has 0 bridgehead atoms. The van der Waals surface area contributed by atoms with Crippen molar-refractivity contribution >= 4 is 22.9 Å². The molecule has 6 rings (SSSR count). The normalized spacial score (nSPS) is 14.1. The maximum atomic E-state index is 12.7. The fourth-order valence-corrected chi connectivity index (χ4v) is 4.66. The lowest BCUT2D eigenvalue weighted by atomic mass is 9.93. The van der Waals surface area contributed by atoms with Gasteiger partial charge in [-0.05, 0) is 67.8 Å². The predicted molar refractivity (Wildman–Crippen MR) is 136 cm³/mol. The van der Waals surface area contributed by atoms with Gasteiger partial charge in [0.25, 0.3) is 5.91 Å². The number of carbonyl (C=O) groups is 1. The molecule has 0 aliphatic heterocycles. The van der Waals surface area contributed by atoms with Crippen molar-refractivity contribution in [3.05, 3.63) is 108 Å². The Balaban J connectivity index is 1.29. The summed E-state index contributed by atoms with van der Waals surface area (Å²) in [6.45, 7) is 2.00. The first kappa shape index (κ1) is 21.0. The third-order valence-electron chi connectivity index (χ3n) is 6.69. The summed E-state index contributed by atoms with van der Waals surface area (Å²) in [5.41, 5.74) is 12.2. The van der Waals surface area contributed by atoms with Crippen LogP contribution in [0.25, 0.3) is 17.0 Å². The van der Waals surface area contributed by atoms with E-state index in [1.807, 2.05) is 80.0 Å². The summed E-state index contributed by atoms with van der Waals surface area (Å²) in [5.74, 6) is 0.607. The number of nitrogens with two attached hydrogens (primary N) is 1. The first-order chi connectivity index (χ1) is 17.0. The number of para-hydroxylation sites is 2. The molecule has 0 spiro atoms. The van der Waals surface area contributed by atoms with Crippen molar-refractivity contribution in [1.29, 1.82) is 0 Å². The van der Waals surface area contributed by atoms with Crippen molar-refractivity contribution in [2.45, 2.75) is 25.2 Å². The summed E-state index contributed by atoms with van der Waals surface area (Å²) in [4.78, 5) is 27.1. The quantitative estimate of drug-likeness (QED) is 0.359. The minimum atomic E-state index is -0.233. The Labute approximate surface area is 202 Å². The second kappa shape index (κ2) is 8.06. The van der Waals surface area contributed by atoms with Gasteiger partial charge in [-0.25, -0.2) is 15.0 Å². The highest BCUT2D eigenvalue weighted by molar-refractivity contribution is 6.05. The first-order valence-electron chi connectivity index (χ1n) is 11.6. The second-order valence-corrected chi connectivity index (χ2v) is 8.94. The number of rotatable bonds is 5. The van der Waals surface area contributed by atoms with Crippen LogP contribution in [0.15, 0.2) is 85.2 Å². The molecule has 1 saturated carbocycles. The van der Waals surface area contributed by atoms with Gasteiger partial charge in [0.1, 0.15) is 11.5 Å². The van der Waals surface area contributed by atoms with Crippen LogP contribution in [0.5, 0.6) is 0 Å². The molecule has 2 aromatic carbocycles. The highest BCUT2D eigenvalue weighted by Gasteiger charge is 2.48. The number of nitrogens with one attached hydrogen (secondary N) is 1. The minimum absolute atomic E-state index is 0.194. The largest absolute Gasteiger partial charge is 0.397 e. The number of anilines is 2. The zero-order valence-corrected chi connectivity index (χ0v) is 19.3. The molecule has 1 aliphatic carbocycles. The molecule has 1 amide bonds. The van der Waals surface area contributed by atoms with Crippen molar-refractivity contribution in [1.82, 2.24) is 19.4 Å². The Morgan fingerprint density at radius 1 is 0.971 bits per heavy atom. The Bertz CT molecular complexity index is 1570. The van der Waals surface area contributed by atoms with Crippen molar-refractivity contribution in [3.8, 4) is 11.4 Å². The van der Waals surface area contributed by atoms with Gasteiger partial charge in [0, 0.05) is 18.0 Å². The third-order valence-corrected chi connectivity index (χ3v) is 6.69. The Morgan fingerprint density at radius 2 is 1.74 bits per heavy atom. The van der Waals surface area contributed by atoms with Gasteiger partial charge in [-0.3, -0.25) is 9.20 Å². The number of nitrogen functional groups attached to an aromatic ring is 1. The molecular formula is C28H24N6O. The molecule has 0 saturated heterocycles. The van der Waals surface area contributed by atoms with E-state index >= 15 is 0 Å². The van der Waals surface area contributed by atoms with Gasteiger partial charge < -0.3 is 11.1 Å². The number of benzene rings is 2. The predicted octanol–water partition coefficient (Wildman–Crippen LogP) is 5.01. The van der Waals surface area contributed by atoms with Gasteiger partial charge in [-0.15, -0.1) is 0 Å². The average Bonchev–Trinajstić information content (AvgIpc) is 3.62. The van der Waals surface area contributed by atoms with E-state index in [0.717, 1.165) is 47.0 Å². The summed E-state index contributed by atoms with van der Waals surface area (Å²) < 4.78 is 2.06. The summed E-state index contributed by atoms with van der Waals surface area (Å²) in [6, 6.07) is 22.8. The molecule has 172 valence electrons. The number of pyridine rings is 1. The summed E-state index contributed by atoms with van der Waals surface area (Å²) in [7, 11) is 0. The number of aromatic nitrogens is 4. The molecule has 1 fully saturated rings. The van der Waals surface area contributed by atoms with Crippen LogP contribution in [-0.2, 0) is 5.41 Å². The smallest absolute Gasteiger partial charge is 0.255 e. The molecule has 7 nitrogen and oxygen atoms in total. The van der Waals surface area contributed by atoms with Crippen LogP contribution >= 0.6 is 0 Å². The van der Waals surface area contributed by atoms with Crippen LogP contribution in [0, 0.1) is 6.92 Å². The van der Waals surface area contributed by atoms with Gasteiger partial charge in [0.05, 0.1) is 33.9 Å². The fourth-order valence-electron chi connectivity index (χ4n) is 4.66. The molecule has 5 aromatic rings. The number of fused-ring (bicyclic) bond motifs is 1. The average molecular weight is 461 g/mol. The minimum Gasteiger partial charge on any atom is -0.397 e. The molecule has 0 unspecified atom stereocenters. The maximum absolute atomic E-state index is 12.7. The van der Waals surface area contributed by atoms with Crippen LogP contribution in [0.2, 0.25) is 0 Å². The molecule has 1 aliphatic rings. The van der Waals surface area contributed by atoms with E-state index < -0.39 is 0 Å². The van der Waals surface area contributed by atoms with E-state index in [-0.39, 0.29) is 11.3 Å².